The average molecular weight is 398 g/mol. The number of piperidine rings is 1. The van der Waals surface area contributed by atoms with Gasteiger partial charge in [-0.3, -0.25) is 4.79 Å². The van der Waals surface area contributed by atoms with Crippen molar-refractivity contribution in [3.63, 3.8) is 0 Å². The smallest absolute Gasteiger partial charge is 0.257 e. The second-order valence-electron chi connectivity index (χ2n) is 7.07. The van der Waals surface area contributed by atoms with Gasteiger partial charge in [0.1, 0.15) is 0 Å². The third kappa shape index (κ3) is 3.70. The Labute approximate surface area is 168 Å². The molecule has 0 radical (unpaired) electrons. The summed E-state index contributed by atoms with van der Waals surface area (Å²) in [4.78, 5) is 25.1. The van der Waals surface area contributed by atoms with Crippen LogP contribution in [0.3, 0.4) is 0 Å². The SMILES string of the molecule is COCc1c(C(=O)N2CCC[C@H](C)C2)cnn1-c1nccc(-c2cccs2)n1. The van der Waals surface area contributed by atoms with Crippen LogP contribution in [0.15, 0.2) is 36.0 Å². The van der Waals surface area contributed by atoms with E-state index in [1.165, 1.54) is 0 Å². The second-order valence-corrected chi connectivity index (χ2v) is 8.02. The molecule has 1 saturated heterocycles. The highest BCUT2D eigenvalue weighted by Gasteiger charge is 2.27. The monoisotopic (exact) mass is 397 g/mol. The molecule has 4 heterocycles. The predicted octanol–water partition coefficient (Wildman–Crippen LogP) is 3.41. The van der Waals surface area contributed by atoms with Gasteiger partial charge in [0, 0.05) is 26.4 Å². The van der Waals surface area contributed by atoms with Gasteiger partial charge in [0.25, 0.3) is 11.9 Å². The maximum absolute atomic E-state index is 13.1. The summed E-state index contributed by atoms with van der Waals surface area (Å²) in [7, 11) is 1.61. The summed E-state index contributed by atoms with van der Waals surface area (Å²) in [6.07, 6.45) is 5.52. The summed E-state index contributed by atoms with van der Waals surface area (Å²) in [5.41, 5.74) is 2.06. The zero-order chi connectivity index (χ0) is 19.5. The first kappa shape index (κ1) is 18.8. The number of rotatable bonds is 5. The summed E-state index contributed by atoms with van der Waals surface area (Å²) in [5, 5.41) is 6.44. The fourth-order valence-corrected chi connectivity index (χ4v) is 4.25. The molecule has 0 aromatic carbocycles. The van der Waals surface area contributed by atoms with Gasteiger partial charge in [-0.15, -0.1) is 11.3 Å². The Morgan fingerprint density at radius 2 is 2.29 bits per heavy atom. The largest absolute Gasteiger partial charge is 0.378 e. The van der Waals surface area contributed by atoms with Crippen molar-refractivity contribution < 1.29 is 9.53 Å². The molecule has 4 rings (SSSR count). The van der Waals surface area contributed by atoms with Crippen molar-refractivity contribution in [1.29, 1.82) is 0 Å². The highest BCUT2D eigenvalue weighted by Crippen LogP contribution is 2.24. The molecule has 0 aliphatic carbocycles. The molecule has 1 amide bonds. The normalized spacial score (nSPS) is 17.1. The molecular weight excluding hydrogens is 374 g/mol. The van der Waals surface area contributed by atoms with Crippen molar-refractivity contribution in [3.8, 4) is 16.5 Å². The van der Waals surface area contributed by atoms with Crippen LogP contribution in [0.4, 0.5) is 0 Å². The lowest BCUT2D eigenvalue weighted by molar-refractivity contribution is 0.0678. The van der Waals surface area contributed by atoms with E-state index in [0.717, 1.165) is 36.5 Å². The summed E-state index contributed by atoms with van der Waals surface area (Å²) >= 11 is 1.62. The molecule has 1 atom stereocenters. The molecule has 0 unspecified atom stereocenters. The van der Waals surface area contributed by atoms with Gasteiger partial charge in [-0.1, -0.05) is 13.0 Å². The predicted molar refractivity (Wildman–Crippen MR) is 107 cm³/mol. The first-order valence-corrected chi connectivity index (χ1v) is 10.3. The molecule has 3 aromatic rings. The van der Waals surface area contributed by atoms with Gasteiger partial charge in [0.15, 0.2) is 0 Å². The summed E-state index contributed by atoms with van der Waals surface area (Å²) < 4.78 is 6.98. The minimum absolute atomic E-state index is 0.000684. The van der Waals surface area contributed by atoms with Crippen molar-refractivity contribution in [2.75, 3.05) is 20.2 Å². The van der Waals surface area contributed by atoms with Crippen LogP contribution in [-0.4, -0.2) is 50.8 Å². The zero-order valence-corrected chi connectivity index (χ0v) is 16.9. The molecule has 8 heteroatoms. The molecule has 0 N–H and O–H groups in total. The van der Waals surface area contributed by atoms with Crippen LogP contribution >= 0.6 is 11.3 Å². The molecule has 1 aliphatic rings. The van der Waals surface area contributed by atoms with Gasteiger partial charge in [-0.05, 0) is 36.3 Å². The van der Waals surface area contributed by atoms with Crippen LogP contribution in [0.5, 0.6) is 0 Å². The average Bonchev–Trinajstić information content (AvgIpc) is 3.38. The van der Waals surface area contributed by atoms with Crippen molar-refractivity contribution in [1.82, 2.24) is 24.6 Å². The molecule has 1 aliphatic heterocycles. The Hall–Kier alpha value is -2.58. The summed E-state index contributed by atoms with van der Waals surface area (Å²) in [6.45, 7) is 4.01. The van der Waals surface area contributed by atoms with Gasteiger partial charge in [0.2, 0.25) is 0 Å². The van der Waals surface area contributed by atoms with E-state index in [0.29, 0.717) is 23.1 Å². The molecule has 3 aromatic heterocycles. The zero-order valence-electron chi connectivity index (χ0n) is 16.0. The number of amides is 1. The molecule has 0 spiro atoms. The van der Waals surface area contributed by atoms with Crippen molar-refractivity contribution >= 4 is 17.2 Å². The minimum atomic E-state index is -0.000684. The summed E-state index contributed by atoms with van der Waals surface area (Å²) in [6, 6.07) is 5.88. The van der Waals surface area contributed by atoms with Crippen molar-refractivity contribution in [3.05, 3.63) is 47.2 Å². The quantitative estimate of drug-likeness (QED) is 0.660. The van der Waals surface area contributed by atoms with E-state index >= 15 is 0 Å². The van der Waals surface area contributed by atoms with E-state index in [4.69, 9.17) is 4.74 Å². The van der Waals surface area contributed by atoms with E-state index in [-0.39, 0.29) is 12.5 Å². The maximum Gasteiger partial charge on any atom is 0.257 e. The van der Waals surface area contributed by atoms with Crippen molar-refractivity contribution in [2.45, 2.75) is 26.4 Å². The third-order valence-corrected chi connectivity index (χ3v) is 5.82. The Bertz CT molecular complexity index is 953. The van der Waals surface area contributed by atoms with Gasteiger partial charge in [-0.2, -0.15) is 9.78 Å². The number of likely N-dealkylation sites (tertiary alicyclic amines) is 1. The Morgan fingerprint density at radius 3 is 3.04 bits per heavy atom. The number of carbonyl (C=O) groups excluding carboxylic acids is 1. The first-order chi connectivity index (χ1) is 13.7. The molecule has 1 fully saturated rings. The second kappa shape index (κ2) is 8.20. The molecular formula is C20H23N5O2S. The van der Waals surface area contributed by atoms with E-state index in [1.54, 1.807) is 35.5 Å². The number of nitrogens with zero attached hydrogens (tertiary/aromatic N) is 5. The van der Waals surface area contributed by atoms with Crippen LogP contribution < -0.4 is 0 Å². The Balaban J connectivity index is 1.69. The van der Waals surface area contributed by atoms with Gasteiger partial charge in [-0.25, -0.2) is 9.97 Å². The number of thiophene rings is 1. The van der Waals surface area contributed by atoms with Crippen LogP contribution in [0.2, 0.25) is 0 Å². The fraction of sp³-hybridized carbons (Fsp3) is 0.400. The lowest BCUT2D eigenvalue weighted by Crippen LogP contribution is -2.39. The lowest BCUT2D eigenvalue weighted by atomic mass is 9.99. The van der Waals surface area contributed by atoms with E-state index in [2.05, 4.69) is 22.0 Å². The lowest BCUT2D eigenvalue weighted by Gasteiger charge is -2.30. The molecule has 146 valence electrons. The van der Waals surface area contributed by atoms with Crippen LogP contribution in [0.25, 0.3) is 16.5 Å². The molecule has 7 nitrogen and oxygen atoms in total. The fourth-order valence-electron chi connectivity index (χ4n) is 3.56. The number of hydrogen-bond acceptors (Lipinski definition) is 6. The van der Waals surface area contributed by atoms with Gasteiger partial charge < -0.3 is 9.64 Å². The highest BCUT2D eigenvalue weighted by atomic mass is 32.1. The number of aromatic nitrogens is 4. The van der Waals surface area contributed by atoms with Gasteiger partial charge in [0.05, 0.1) is 34.6 Å². The van der Waals surface area contributed by atoms with Gasteiger partial charge >= 0.3 is 0 Å². The van der Waals surface area contributed by atoms with Crippen molar-refractivity contribution in [2.24, 2.45) is 5.92 Å². The van der Waals surface area contributed by atoms with Crippen LogP contribution in [0, 0.1) is 5.92 Å². The standard InChI is InChI=1S/C20H23N5O2S/c1-14-5-3-9-24(12-14)19(26)15-11-22-25(17(15)13-27-2)20-21-8-7-16(23-20)18-6-4-10-28-18/h4,6-8,10-11,14H,3,5,9,12-13H2,1-2H3/t14-/m0/s1. The van der Waals surface area contributed by atoms with E-state index in [1.807, 2.05) is 28.5 Å². The minimum Gasteiger partial charge on any atom is -0.378 e. The third-order valence-electron chi connectivity index (χ3n) is 4.93. The molecule has 28 heavy (non-hydrogen) atoms. The van der Waals surface area contributed by atoms with E-state index < -0.39 is 0 Å². The number of hydrogen-bond donors (Lipinski definition) is 0. The first-order valence-electron chi connectivity index (χ1n) is 9.39. The summed E-state index contributed by atoms with van der Waals surface area (Å²) in [5.74, 6) is 0.952. The Kier molecular flexibility index (Phi) is 5.50. The maximum atomic E-state index is 13.1. The molecule has 0 saturated carbocycles. The number of carbonyl (C=O) groups is 1. The van der Waals surface area contributed by atoms with Crippen LogP contribution in [-0.2, 0) is 11.3 Å². The number of methoxy groups -OCH3 is 1. The van der Waals surface area contributed by atoms with Crippen LogP contribution in [0.1, 0.15) is 35.8 Å². The topological polar surface area (TPSA) is 73.1 Å². The number of ether oxygens (including phenoxy) is 1. The highest BCUT2D eigenvalue weighted by molar-refractivity contribution is 7.13. The van der Waals surface area contributed by atoms with E-state index in [9.17, 15) is 4.79 Å². The Morgan fingerprint density at radius 1 is 1.39 bits per heavy atom. The molecule has 0 bridgehead atoms.